The predicted octanol–water partition coefficient (Wildman–Crippen LogP) is 6.43. The standard InChI is InChI=1S/C23H18N2O2/c1-14(2)15-11-16(22-24-18-7-3-5-9-20(18)26-22)13-17(12-15)23-25-19-8-4-6-10-21(19)27-23/h3-14H,1-2H3. The highest BCUT2D eigenvalue weighted by molar-refractivity contribution is 5.79. The van der Waals surface area contributed by atoms with Gasteiger partial charge in [-0.15, -0.1) is 0 Å². The van der Waals surface area contributed by atoms with E-state index in [9.17, 15) is 0 Å². The third-order valence-corrected chi connectivity index (χ3v) is 4.70. The fourth-order valence-electron chi connectivity index (χ4n) is 3.22. The van der Waals surface area contributed by atoms with Gasteiger partial charge in [-0.2, -0.15) is 0 Å². The van der Waals surface area contributed by atoms with E-state index in [0.29, 0.717) is 17.7 Å². The van der Waals surface area contributed by atoms with E-state index in [2.05, 4.69) is 35.9 Å². The Morgan fingerprint density at radius 3 is 1.59 bits per heavy atom. The van der Waals surface area contributed by atoms with Gasteiger partial charge in [0.2, 0.25) is 11.8 Å². The molecule has 2 heterocycles. The minimum absolute atomic E-state index is 0.359. The van der Waals surface area contributed by atoms with E-state index in [0.717, 1.165) is 33.3 Å². The molecule has 0 bridgehead atoms. The average molecular weight is 354 g/mol. The van der Waals surface area contributed by atoms with Crippen LogP contribution in [0.5, 0.6) is 0 Å². The topological polar surface area (TPSA) is 52.1 Å². The third kappa shape index (κ3) is 2.79. The number of aromatic nitrogens is 2. The molecule has 0 aliphatic rings. The minimum Gasteiger partial charge on any atom is -0.436 e. The van der Waals surface area contributed by atoms with Crippen LogP contribution in [-0.2, 0) is 0 Å². The largest absolute Gasteiger partial charge is 0.436 e. The molecule has 0 atom stereocenters. The Balaban J connectivity index is 1.69. The summed E-state index contributed by atoms with van der Waals surface area (Å²) in [5.74, 6) is 1.57. The molecule has 2 aromatic heterocycles. The van der Waals surface area contributed by atoms with E-state index in [1.54, 1.807) is 0 Å². The molecule has 4 heteroatoms. The monoisotopic (exact) mass is 354 g/mol. The molecule has 0 unspecified atom stereocenters. The van der Waals surface area contributed by atoms with Crippen molar-refractivity contribution in [2.45, 2.75) is 19.8 Å². The van der Waals surface area contributed by atoms with Crippen LogP contribution in [0.15, 0.2) is 75.6 Å². The van der Waals surface area contributed by atoms with Crippen molar-refractivity contribution in [2.75, 3.05) is 0 Å². The van der Waals surface area contributed by atoms with Crippen LogP contribution in [-0.4, -0.2) is 9.97 Å². The minimum atomic E-state index is 0.359. The van der Waals surface area contributed by atoms with Gasteiger partial charge in [-0.3, -0.25) is 0 Å². The molecule has 0 fully saturated rings. The third-order valence-electron chi connectivity index (χ3n) is 4.70. The number of oxazole rings is 2. The molecule has 27 heavy (non-hydrogen) atoms. The van der Waals surface area contributed by atoms with Crippen LogP contribution in [0.2, 0.25) is 0 Å². The number of fused-ring (bicyclic) bond motifs is 2. The maximum absolute atomic E-state index is 5.98. The van der Waals surface area contributed by atoms with Crippen molar-refractivity contribution >= 4 is 22.2 Å². The van der Waals surface area contributed by atoms with Crippen molar-refractivity contribution in [2.24, 2.45) is 0 Å². The Labute approximate surface area is 156 Å². The number of hydrogen-bond acceptors (Lipinski definition) is 4. The average Bonchev–Trinajstić information content (AvgIpc) is 3.31. The lowest BCUT2D eigenvalue weighted by Gasteiger charge is -2.09. The van der Waals surface area contributed by atoms with Crippen LogP contribution in [0.25, 0.3) is 45.1 Å². The molecule has 0 saturated carbocycles. The number of rotatable bonds is 3. The summed E-state index contributed by atoms with van der Waals surface area (Å²) in [7, 11) is 0. The smallest absolute Gasteiger partial charge is 0.227 e. The first-order valence-corrected chi connectivity index (χ1v) is 9.04. The van der Waals surface area contributed by atoms with Crippen molar-refractivity contribution in [1.29, 1.82) is 0 Å². The quantitative estimate of drug-likeness (QED) is 0.375. The fraction of sp³-hybridized carbons (Fsp3) is 0.130. The van der Waals surface area contributed by atoms with Gasteiger partial charge in [0.1, 0.15) is 11.0 Å². The lowest BCUT2D eigenvalue weighted by atomic mass is 9.97. The molecule has 3 aromatic carbocycles. The van der Waals surface area contributed by atoms with Gasteiger partial charge >= 0.3 is 0 Å². The first-order valence-electron chi connectivity index (χ1n) is 9.04. The van der Waals surface area contributed by atoms with Crippen molar-refractivity contribution in [3.05, 3.63) is 72.3 Å². The van der Waals surface area contributed by atoms with Crippen LogP contribution in [0.3, 0.4) is 0 Å². The summed E-state index contributed by atoms with van der Waals surface area (Å²) in [6.07, 6.45) is 0. The van der Waals surface area contributed by atoms with E-state index in [1.807, 2.05) is 54.6 Å². The second-order valence-electron chi connectivity index (χ2n) is 6.97. The number of hydrogen-bond donors (Lipinski definition) is 0. The molecule has 0 aliphatic carbocycles. The maximum atomic E-state index is 5.98. The molecular formula is C23H18N2O2. The molecule has 0 saturated heterocycles. The van der Waals surface area contributed by atoms with Crippen LogP contribution in [0.4, 0.5) is 0 Å². The van der Waals surface area contributed by atoms with Crippen molar-refractivity contribution < 1.29 is 8.83 Å². The number of para-hydroxylation sites is 4. The van der Waals surface area contributed by atoms with Gasteiger partial charge in [0, 0.05) is 11.1 Å². The summed E-state index contributed by atoms with van der Waals surface area (Å²) in [6, 6.07) is 21.9. The molecule has 4 nitrogen and oxygen atoms in total. The highest BCUT2D eigenvalue weighted by Gasteiger charge is 2.15. The van der Waals surface area contributed by atoms with E-state index < -0.39 is 0 Å². The highest BCUT2D eigenvalue weighted by atomic mass is 16.4. The van der Waals surface area contributed by atoms with Gasteiger partial charge in [0.25, 0.3) is 0 Å². The summed E-state index contributed by atoms with van der Waals surface area (Å²) in [6.45, 7) is 4.34. The van der Waals surface area contributed by atoms with Crippen molar-refractivity contribution in [1.82, 2.24) is 9.97 Å². The van der Waals surface area contributed by atoms with E-state index >= 15 is 0 Å². The Morgan fingerprint density at radius 1 is 0.667 bits per heavy atom. The molecule has 0 amide bonds. The van der Waals surface area contributed by atoms with Crippen LogP contribution in [0.1, 0.15) is 25.3 Å². The summed E-state index contributed by atoms with van der Waals surface area (Å²) in [5.41, 5.74) is 6.31. The summed E-state index contributed by atoms with van der Waals surface area (Å²) < 4.78 is 12.0. The molecular weight excluding hydrogens is 336 g/mol. The molecule has 132 valence electrons. The zero-order chi connectivity index (χ0) is 18.4. The Bertz CT molecular complexity index is 1110. The molecule has 0 spiro atoms. The molecule has 5 aromatic rings. The van der Waals surface area contributed by atoms with Gasteiger partial charge in [0.05, 0.1) is 0 Å². The van der Waals surface area contributed by atoms with Crippen molar-refractivity contribution in [3.63, 3.8) is 0 Å². The summed E-state index contributed by atoms with van der Waals surface area (Å²) >= 11 is 0. The van der Waals surface area contributed by atoms with E-state index in [1.165, 1.54) is 5.56 Å². The fourth-order valence-corrected chi connectivity index (χ4v) is 3.22. The van der Waals surface area contributed by atoms with Gasteiger partial charge < -0.3 is 8.83 Å². The zero-order valence-corrected chi connectivity index (χ0v) is 15.1. The summed E-state index contributed by atoms with van der Waals surface area (Å²) in [5, 5.41) is 0. The molecule has 5 rings (SSSR count). The maximum Gasteiger partial charge on any atom is 0.227 e. The van der Waals surface area contributed by atoms with Crippen LogP contribution >= 0.6 is 0 Å². The zero-order valence-electron chi connectivity index (χ0n) is 15.1. The van der Waals surface area contributed by atoms with Crippen molar-refractivity contribution in [3.8, 4) is 22.9 Å². The second-order valence-corrected chi connectivity index (χ2v) is 6.97. The number of benzene rings is 3. The second kappa shape index (κ2) is 6.09. The van der Waals surface area contributed by atoms with Crippen LogP contribution in [0, 0.1) is 0 Å². The Morgan fingerprint density at radius 2 is 1.15 bits per heavy atom. The summed E-state index contributed by atoms with van der Waals surface area (Å²) in [4.78, 5) is 9.29. The Hall–Kier alpha value is -3.40. The first-order chi connectivity index (χ1) is 13.2. The van der Waals surface area contributed by atoms with Gasteiger partial charge in [-0.1, -0.05) is 38.1 Å². The molecule has 0 aliphatic heterocycles. The molecule has 0 radical (unpaired) electrons. The van der Waals surface area contributed by atoms with Gasteiger partial charge in [-0.05, 0) is 53.9 Å². The molecule has 0 N–H and O–H groups in total. The highest BCUT2D eigenvalue weighted by Crippen LogP contribution is 2.33. The lowest BCUT2D eigenvalue weighted by molar-refractivity contribution is 0.617. The normalized spacial score (nSPS) is 11.7. The van der Waals surface area contributed by atoms with E-state index in [4.69, 9.17) is 8.83 Å². The lowest BCUT2D eigenvalue weighted by Crippen LogP contribution is -1.91. The van der Waals surface area contributed by atoms with Crippen LogP contribution < -0.4 is 0 Å². The Kier molecular flexibility index (Phi) is 3.57. The number of nitrogens with zero attached hydrogens (tertiary/aromatic N) is 2. The van der Waals surface area contributed by atoms with E-state index in [-0.39, 0.29) is 0 Å². The predicted molar refractivity (Wildman–Crippen MR) is 107 cm³/mol. The SMILES string of the molecule is CC(C)c1cc(-c2nc3ccccc3o2)cc(-c2nc3ccccc3o2)c1. The van der Waals surface area contributed by atoms with Gasteiger partial charge in [-0.25, -0.2) is 9.97 Å². The van der Waals surface area contributed by atoms with Gasteiger partial charge in [0.15, 0.2) is 11.2 Å². The first kappa shape index (κ1) is 15.8.